The Labute approximate surface area is 129 Å². The molecule has 0 bridgehead atoms. The lowest BCUT2D eigenvalue weighted by atomic mass is 10.0. The van der Waals surface area contributed by atoms with Crippen LogP contribution in [0, 0.1) is 6.92 Å². The van der Waals surface area contributed by atoms with Crippen LogP contribution in [0.3, 0.4) is 0 Å². The molecule has 1 fully saturated rings. The Hall–Kier alpha value is -1.68. The summed E-state index contributed by atoms with van der Waals surface area (Å²) in [6.45, 7) is 2.92. The van der Waals surface area contributed by atoms with Gasteiger partial charge in [0.25, 0.3) is 0 Å². The average molecular weight is 300 g/mol. The van der Waals surface area contributed by atoms with E-state index in [-0.39, 0.29) is 11.9 Å². The lowest BCUT2D eigenvalue weighted by molar-refractivity contribution is -0.134. The van der Waals surface area contributed by atoms with Gasteiger partial charge >= 0.3 is 0 Å². The van der Waals surface area contributed by atoms with Gasteiger partial charge in [0.15, 0.2) is 0 Å². The van der Waals surface area contributed by atoms with E-state index in [1.54, 1.807) is 11.3 Å². The van der Waals surface area contributed by atoms with Crippen LogP contribution in [0.5, 0.6) is 0 Å². The van der Waals surface area contributed by atoms with E-state index < -0.39 is 0 Å². The van der Waals surface area contributed by atoms with Crippen LogP contribution in [-0.2, 0) is 11.2 Å². The van der Waals surface area contributed by atoms with Crippen LogP contribution >= 0.6 is 11.3 Å². The van der Waals surface area contributed by atoms with Gasteiger partial charge in [0, 0.05) is 18.1 Å². The van der Waals surface area contributed by atoms with Crippen molar-refractivity contribution < 1.29 is 4.79 Å². The molecule has 0 unspecified atom stereocenters. The zero-order chi connectivity index (χ0) is 14.7. The predicted molar refractivity (Wildman–Crippen MR) is 85.3 cm³/mol. The zero-order valence-electron chi connectivity index (χ0n) is 12.3. The molecule has 2 aromatic rings. The van der Waals surface area contributed by atoms with Crippen molar-refractivity contribution in [2.75, 3.05) is 6.54 Å². The Morgan fingerprint density at radius 3 is 3.10 bits per heavy atom. The van der Waals surface area contributed by atoms with Crippen molar-refractivity contribution in [1.82, 2.24) is 9.88 Å². The maximum atomic E-state index is 12.7. The molecule has 3 rings (SSSR count). The molecule has 2 heterocycles. The largest absolute Gasteiger partial charge is 0.333 e. The fourth-order valence-electron chi connectivity index (χ4n) is 2.98. The summed E-state index contributed by atoms with van der Waals surface area (Å²) in [5.74, 6) is 0.223. The maximum Gasteiger partial charge on any atom is 0.227 e. The normalized spacial score (nSPS) is 18.7. The number of hydrogen-bond acceptors (Lipinski definition) is 3. The molecule has 1 saturated heterocycles. The summed E-state index contributed by atoms with van der Waals surface area (Å²) in [6, 6.07) is 8.39. The highest BCUT2D eigenvalue weighted by Crippen LogP contribution is 2.32. The Balaban J connectivity index is 1.75. The second-order valence-electron chi connectivity index (χ2n) is 5.63. The number of aryl methyl sites for hydroxylation is 1. The molecule has 21 heavy (non-hydrogen) atoms. The van der Waals surface area contributed by atoms with Crippen molar-refractivity contribution in [3.63, 3.8) is 0 Å². The molecule has 1 amide bonds. The van der Waals surface area contributed by atoms with Crippen molar-refractivity contribution in [2.45, 2.75) is 38.6 Å². The quantitative estimate of drug-likeness (QED) is 0.865. The first-order valence-electron chi connectivity index (χ1n) is 7.48. The van der Waals surface area contributed by atoms with E-state index in [4.69, 9.17) is 0 Å². The Morgan fingerprint density at radius 1 is 1.43 bits per heavy atom. The number of aromatic nitrogens is 1. The maximum absolute atomic E-state index is 12.7. The van der Waals surface area contributed by atoms with Gasteiger partial charge in [-0.1, -0.05) is 29.8 Å². The van der Waals surface area contributed by atoms with Crippen LogP contribution < -0.4 is 0 Å². The van der Waals surface area contributed by atoms with E-state index in [0.717, 1.165) is 30.0 Å². The molecule has 1 aliphatic rings. The lowest BCUT2D eigenvalue weighted by Gasteiger charge is -2.34. The summed E-state index contributed by atoms with van der Waals surface area (Å²) in [4.78, 5) is 19.1. The highest BCUT2D eigenvalue weighted by atomic mass is 32.1. The number of amides is 1. The fourth-order valence-corrected chi connectivity index (χ4v) is 3.77. The third-order valence-corrected chi connectivity index (χ3v) is 4.87. The smallest absolute Gasteiger partial charge is 0.227 e. The summed E-state index contributed by atoms with van der Waals surface area (Å²) < 4.78 is 0. The van der Waals surface area contributed by atoms with Gasteiger partial charge in [-0.05, 0) is 31.7 Å². The van der Waals surface area contributed by atoms with Crippen LogP contribution in [0.1, 0.15) is 41.4 Å². The first-order chi connectivity index (χ1) is 10.2. The van der Waals surface area contributed by atoms with Crippen LogP contribution in [-0.4, -0.2) is 22.3 Å². The van der Waals surface area contributed by atoms with E-state index in [9.17, 15) is 4.79 Å². The summed E-state index contributed by atoms with van der Waals surface area (Å²) >= 11 is 1.65. The number of likely N-dealkylation sites (tertiary alicyclic amines) is 1. The van der Waals surface area contributed by atoms with Gasteiger partial charge in [0.2, 0.25) is 5.91 Å². The standard InChI is InChI=1S/C17H20N2OS/c1-13-5-4-6-14(11-13)12-16(20)19-9-3-2-7-15(19)17-18-8-10-21-17/h4-6,8,10-11,15H,2-3,7,9,12H2,1H3/t15-/m1/s1. The van der Waals surface area contributed by atoms with Gasteiger partial charge in [0.05, 0.1) is 12.5 Å². The summed E-state index contributed by atoms with van der Waals surface area (Å²) in [5, 5.41) is 3.07. The van der Waals surface area contributed by atoms with E-state index in [0.29, 0.717) is 6.42 Å². The van der Waals surface area contributed by atoms with Gasteiger partial charge in [-0.25, -0.2) is 4.98 Å². The van der Waals surface area contributed by atoms with Gasteiger partial charge < -0.3 is 4.90 Å². The molecule has 0 spiro atoms. The Bertz CT molecular complexity index is 609. The zero-order valence-corrected chi connectivity index (χ0v) is 13.1. The van der Waals surface area contributed by atoms with E-state index >= 15 is 0 Å². The number of piperidine rings is 1. The van der Waals surface area contributed by atoms with Crippen molar-refractivity contribution in [3.05, 3.63) is 52.0 Å². The molecule has 1 aromatic carbocycles. The highest BCUT2D eigenvalue weighted by molar-refractivity contribution is 7.09. The summed E-state index contributed by atoms with van der Waals surface area (Å²) in [7, 11) is 0. The topological polar surface area (TPSA) is 33.2 Å². The number of hydrogen-bond donors (Lipinski definition) is 0. The molecular formula is C17H20N2OS. The second kappa shape index (κ2) is 6.39. The summed E-state index contributed by atoms with van der Waals surface area (Å²) in [6.07, 6.45) is 5.63. The average Bonchev–Trinajstić information content (AvgIpc) is 3.01. The van der Waals surface area contributed by atoms with Gasteiger partial charge in [0.1, 0.15) is 5.01 Å². The van der Waals surface area contributed by atoms with Gasteiger partial charge in [-0.15, -0.1) is 11.3 Å². The number of benzene rings is 1. The second-order valence-corrected chi connectivity index (χ2v) is 6.56. The van der Waals surface area contributed by atoms with Crippen LogP contribution in [0.25, 0.3) is 0 Å². The summed E-state index contributed by atoms with van der Waals surface area (Å²) in [5.41, 5.74) is 2.30. The van der Waals surface area contributed by atoms with E-state index in [1.807, 2.05) is 28.6 Å². The predicted octanol–water partition coefficient (Wildman–Crippen LogP) is 3.75. The number of carbonyl (C=O) groups excluding carboxylic acids is 1. The van der Waals surface area contributed by atoms with Crippen molar-refractivity contribution in [3.8, 4) is 0 Å². The van der Waals surface area contributed by atoms with E-state index in [1.165, 1.54) is 12.0 Å². The number of carbonyl (C=O) groups is 1. The van der Waals surface area contributed by atoms with E-state index in [2.05, 4.69) is 24.0 Å². The van der Waals surface area contributed by atoms with Crippen molar-refractivity contribution >= 4 is 17.2 Å². The fraction of sp³-hybridized carbons (Fsp3) is 0.412. The van der Waals surface area contributed by atoms with Gasteiger partial charge in [-0.3, -0.25) is 4.79 Å². The molecule has 0 N–H and O–H groups in total. The minimum Gasteiger partial charge on any atom is -0.333 e. The highest BCUT2D eigenvalue weighted by Gasteiger charge is 2.29. The molecule has 0 aliphatic carbocycles. The monoisotopic (exact) mass is 300 g/mol. The minimum atomic E-state index is 0.177. The molecular weight excluding hydrogens is 280 g/mol. The third kappa shape index (κ3) is 3.32. The van der Waals surface area contributed by atoms with Crippen LogP contribution in [0.2, 0.25) is 0 Å². The number of rotatable bonds is 3. The molecule has 1 atom stereocenters. The molecule has 110 valence electrons. The SMILES string of the molecule is Cc1cccc(CC(=O)N2CCCC[C@@H]2c2nccs2)c1. The third-order valence-electron chi connectivity index (χ3n) is 4.00. The van der Waals surface area contributed by atoms with Crippen molar-refractivity contribution in [1.29, 1.82) is 0 Å². The molecule has 4 heteroatoms. The van der Waals surface area contributed by atoms with Crippen molar-refractivity contribution in [2.24, 2.45) is 0 Å². The molecule has 0 saturated carbocycles. The number of thiazole rings is 1. The Kier molecular flexibility index (Phi) is 4.34. The van der Waals surface area contributed by atoms with Crippen LogP contribution in [0.15, 0.2) is 35.8 Å². The lowest BCUT2D eigenvalue weighted by Crippen LogP contribution is -2.39. The van der Waals surface area contributed by atoms with Crippen LogP contribution in [0.4, 0.5) is 0 Å². The number of nitrogens with zero attached hydrogens (tertiary/aromatic N) is 2. The first kappa shape index (κ1) is 14.3. The Morgan fingerprint density at radius 2 is 2.33 bits per heavy atom. The minimum absolute atomic E-state index is 0.177. The molecule has 0 radical (unpaired) electrons. The van der Waals surface area contributed by atoms with Gasteiger partial charge in [-0.2, -0.15) is 0 Å². The first-order valence-corrected chi connectivity index (χ1v) is 8.36. The molecule has 3 nitrogen and oxygen atoms in total. The molecule has 1 aromatic heterocycles. The molecule has 1 aliphatic heterocycles.